The summed E-state index contributed by atoms with van der Waals surface area (Å²) in [5, 5.41) is 16.5. The summed E-state index contributed by atoms with van der Waals surface area (Å²) < 4.78 is 6.92. The van der Waals surface area contributed by atoms with Gasteiger partial charge in [0.15, 0.2) is 5.82 Å². The number of aryl methyl sites for hydroxylation is 2. The summed E-state index contributed by atoms with van der Waals surface area (Å²) in [6.07, 6.45) is 4.27. The minimum absolute atomic E-state index is 0.544. The van der Waals surface area contributed by atoms with Crippen molar-refractivity contribution < 1.29 is 4.52 Å². The van der Waals surface area contributed by atoms with Crippen LogP contribution in [0.25, 0.3) is 5.69 Å². The molecule has 0 saturated heterocycles. The molecule has 24 heavy (non-hydrogen) atoms. The molecule has 0 radical (unpaired) electrons. The molecule has 3 rings (SSSR count). The van der Waals surface area contributed by atoms with Gasteiger partial charge >= 0.3 is 0 Å². The quantitative estimate of drug-likeness (QED) is 0.580. The summed E-state index contributed by atoms with van der Waals surface area (Å²) in [4.78, 5) is 4.29. The third kappa shape index (κ3) is 4.00. The fourth-order valence-corrected chi connectivity index (χ4v) is 2.96. The average molecular weight is 344 g/mol. The lowest BCUT2D eigenvalue weighted by Gasteiger charge is -2.05. The molecule has 0 saturated carbocycles. The van der Waals surface area contributed by atoms with Crippen LogP contribution >= 0.6 is 11.8 Å². The lowest BCUT2D eigenvalue weighted by Crippen LogP contribution is -1.99. The monoisotopic (exact) mass is 344 g/mol. The number of tetrazole rings is 1. The average Bonchev–Trinajstić information content (AvgIpc) is 3.27. The number of nitrogens with zero attached hydrogens (tertiary/aromatic N) is 6. The number of hydrogen-bond acceptors (Lipinski definition) is 7. The van der Waals surface area contributed by atoms with E-state index in [9.17, 15) is 0 Å². The molecule has 2 heterocycles. The summed E-state index contributed by atoms with van der Waals surface area (Å²) in [7, 11) is 0. The highest BCUT2D eigenvalue weighted by Crippen LogP contribution is 2.22. The van der Waals surface area contributed by atoms with Crippen LogP contribution in [0, 0.1) is 0 Å². The zero-order chi connectivity index (χ0) is 16.8. The fraction of sp³-hybridized carbons (Fsp3) is 0.438. The third-order valence-corrected chi connectivity index (χ3v) is 4.50. The maximum Gasteiger partial charge on any atom is 0.237 e. The van der Waals surface area contributed by atoms with E-state index >= 15 is 0 Å². The standard InChI is InChI=1S/C16H20N6OS/c1-3-5-6-12-7-9-13(10-8-12)22-16(18-20-21-22)24-11-15-17-14(4-2)19-23-15/h7-10H,3-6,11H2,1-2H3. The van der Waals surface area contributed by atoms with E-state index in [0.29, 0.717) is 22.6 Å². The first-order valence-corrected chi connectivity index (χ1v) is 9.10. The predicted molar refractivity (Wildman–Crippen MR) is 91.0 cm³/mol. The van der Waals surface area contributed by atoms with E-state index in [0.717, 1.165) is 18.5 Å². The number of rotatable bonds is 8. The fourth-order valence-electron chi connectivity index (χ4n) is 2.23. The van der Waals surface area contributed by atoms with Gasteiger partial charge in [-0.25, -0.2) is 0 Å². The SMILES string of the molecule is CCCCc1ccc(-n2nnnc2SCc2nc(CC)no2)cc1. The van der Waals surface area contributed by atoms with Gasteiger partial charge < -0.3 is 4.52 Å². The molecule has 0 N–H and O–H groups in total. The minimum atomic E-state index is 0.544. The molecule has 0 bridgehead atoms. The van der Waals surface area contributed by atoms with E-state index in [1.165, 1.54) is 30.2 Å². The first-order valence-electron chi connectivity index (χ1n) is 8.12. The lowest BCUT2D eigenvalue weighted by atomic mass is 10.1. The number of thioether (sulfide) groups is 1. The van der Waals surface area contributed by atoms with Crippen LogP contribution in [0.1, 0.15) is 44.0 Å². The second kappa shape index (κ2) is 8.05. The van der Waals surface area contributed by atoms with Gasteiger partial charge in [-0.05, 0) is 41.0 Å². The Morgan fingerprint density at radius 1 is 1.17 bits per heavy atom. The molecule has 8 heteroatoms. The van der Waals surface area contributed by atoms with Gasteiger partial charge in [0.05, 0.1) is 11.4 Å². The van der Waals surface area contributed by atoms with Gasteiger partial charge in [0, 0.05) is 6.42 Å². The first kappa shape index (κ1) is 16.6. The van der Waals surface area contributed by atoms with Gasteiger partial charge in [-0.1, -0.05) is 49.3 Å². The van der Waals surface area contributed by atoms with Crippen molar-refractivity contribution in [2.24, 2.45) is 0 Å². The van der Waals surface area contributed by atoms with Crippen molar-refractivity contribution in [1.29, 1.82) is 0 Å². The molecule has 126 valence electrons. The second-order valence-corrected chi connectivity index (χ2v) is 6.33. The van der Waals surface area contributed by atoms with Gasteiger partial charge in [0.2, 0.25) is 11.0 Å². The molecule has 2 aromatic heterocycles. The molecule has 3 aromatic rings. The molecule has 0 spiro atoms. The highest BCUT2D eigenvalue weighted by atomic mass is 32.2. The zero-order valence-electron chi connectivity index (χ0n) is 13.8. The smallest absolute Gasteiger partial charge is 0.237 e. The third-order valence-electron chi connectivity index (χ3n) is 3.59. The van der Waals surface area contributed by atoms with Crippen molar-refractivity contribution in [1.82, 2.24) is 30.3 Å². The predicted octanol–water partition coefficient (Wildman–Crippen LogP) is 3.24. The van der Waals surface area contributed by atoms with Crippen LogP contribution in [-0.2, 0) is 18.6 Å². The number of benzene rings is 1. The molecule has 0 atom stereocenters. The van der Waals surface area contributed by atoms with Crippen molar-refractivity contribution in [3.63, 3.8) is 0 Å². The highest BCUT2D eigenvalue weighted by Gasteiger charge is 2.12. The Morgan fingerprint density at radius 3 is 2.71 bits per heavy atom. The van der Waals surface area contributed by atoms with Gasteiger partial charge in [-0.2, -0.15) is 9.67 Å². The van der Waals surface area contributed by atoms with E-state index in [1.54, 1.807) is 4.68 Å². The van der Waals surface area contributed by atoms with Gasteiger partial charge in [-0.15, -0.1) is 5.10 Å². The first-order chi connectivity index (χ1) is 11.8. The number of unbranched alkanes of at least 4 members (excludes halogenated alkanes) is 1. The Kier molecular flexibility index (Phi) is 5.58. The Balaban J connectivity index is 1.68. The summed E-state index contributed by atoms with van der Waals surface area (Å²) in [6.45, 7) is 4.19. The Morgan fingerprint density at radius 2 is 2.00 bits per heavy atom. The maximum absolute atomic E-state index is 5.19. The van der Waals surface area contributed by atoms with E-state index in [-0.39, 0.29) is 0 Å². The van der Waals surface area contributed by atoms with E-state index in [1.807, 2.05) is 19.1 Å². The second-order valence-electron chi connectivity index (χ2n) is 5.39. The maximum atomic E-state index is 5.19. The molecule has 0 aliphatic heterocycles. The molecule has 0 amide bonds. The zero-order valence-corrected chi connectivity index (χ0v) is 14.7. The number of hydrogen-bond donors (Lipinski definition) is 0. The summed E-state index contributed by atoms with van der Waals surface area (Å²) in [5.74, 6) is 1.84. The van der Waals surface area contributed by atoms with Crippen molar-refractivity contribution in [3.8, 4) is 5.69 Å². The van der Waals surface area contributed by atoms with Crippen LogP contribution in [0.3, 0.4) is 0 Å². The lowest BCUT2D eigenvalue weighted by molar-refractivity contribution is 0.385. The highest BCUT2D eigenvalue weighted by molar-refractivity contribution is 7.98. The van der Waals surface area contributed by atoms with Crippen LogP contribution in [0.15, 0.2) is 33.9 Å². The van der Waals surface area contributed by atoms with Gasteiger partial charge in [-0.3, -0.25) is 0 Å². The van der Waals surface area contributed by atoms with Crippen molar-refractivity contribution >= 4 is 11.8 Å². The topological polar surface area (TPSA) is 82.5 Å². The summed E-state index contributed by atoms with van der Waals surface area (Å²) in [6, 6.07) is 8.36. The molecule has 0 fully saturated rings. The van der Waals surface area contributed by atoms with Crippen LogP contribution in [-0.4, -0.2) is 30.3 Å². The van der Waals surface area contributed by atoms with Crippen LogP contribution < -0.4 is 0 Å². The molecule has 1 aromatic carbocycles. The largest absolute Gasteiger partial charge is 0.338 e. The van der Waals surface area contributed by atoms with Crippen LogP contribution in [0.2, 0.25) is 0 Å². The minimum Gasteiger partial charge on any atom is -0.338 e. The van der Waals surface area contributed by atoms with Crippen molar-refractivity contribution in [3.05, 3.63) is 41.5 Å². The van der Waals surface area contributed by atoms with Crippen molar-refractivity contribution in [2.45, 2.75) is 50.4 Å². The normalized spacial score (nSPS) is 11.1. The van der Waals surface area contributed by atoms with Crippen molar-refractivity contribution in [2.75, 3.05) is 0 Å². The summed E-state index contributed by atoms with van der Waals surface area (Å²) >= 11 is 1.47. The van der Waals surface area contributed by atoms with Crippen LogP contribution in [0.4, 0.5) is 0 Å². The Bertz CT molecular complexity index is 767. The molecular weight excluding hydrogens is 324 g/mol. The molecular formula is C16H20N6OS. The Labute approximate surface area is 144 Å². The van der Waals surface area contributed by atoms with E-state index < -0.39 is 0 Å². The molecule has 0 aliphatic rings. The van der Waals surface area contributed by atoms with Gasteiger partial charge in [0.1, 0.15) is 0 Å². The van der Waals surface area contributed by atoms with E-state index in [4.69, 9.17) is 4.52 Å². The number of aromatic nitrogens is 6. The molecule has 0 unspecified atom stereocenters. The molecule has 7 nitrogen and oxygen atoms in total. The molecule has 0 aliphatic carbocycles. The summed E-state index contributed by atoms with van der Waals surface area (Å²) in [5.41, 5.74) is 2.28. The van der Waals surface area contributed by atoms with E-state index in [2.05, 4.69) is 44.7 Å². The van der Waals surface area contributed by atoms with Crippen LogP contribution in [0.5, 0.6) is 0 Å². The van der Waals surface area contributed by atoms with Gasteiger partial charge in [0.25, 0.3) is 0 Å². The Hall–Kier alpha value is -2.22.